The van der Waals surface area contributed by atoms with Gasteiger partial charge in [0, 0.05) is 31.0 Å². The van der Waals surface area contributed by atoms with E-state index in [2.05, 4.69) is 20.5 Å². The Hall–Kier alpha value is -1.43. The first kappa shape index (κ1) is 13.2. The van der Waals surface area contributed by atoms with Crippen molar-refractivity contribution >= 4 is 5.91 Å². The van der Waals surface area contributed by atoms with E-state index in [-0.39, 0.29) is 11.3 Å². The monoisotopic (exact) mass is 289 g/mol. The fourth-order valence-corrected chi connectivity index (χ4v) is 3.81. The highest BCUT2D eigenvalue weighted by atomic mass is 16.2. The second-order valence-electron chi connectivity index (χ2n) is 6.93. The topological polar surface area (TPSA) is 73.9 Å². The van der Waals surface area contributed by atoms with Crippen LogP contribution >= 0.6 is 0 Å². The molecule has 1 aliphatic carbocycles. The maximum Gasteiger partial charge on any atom is 0.293 e. The number of piperidine rings is 2. The summed E-state index contributed by atoms with van der Waals surface area (Å²) in [6.45, 7) is 3.85. The van der Waals surface area contributed by atoms with E-state index in [1.807, 2.05) is 4.90 Å². The molecule has 1 atom stereocenters. The van der Waals surface area contributed by atoms with Crippen molar-refractivity contribution in [2.24, 2.45) is 5.41 Å². The zero-order valence-electron chi connectivity index (χ0n) is 12.4. The highest BCUT2D eigenvalue weighted by Gasteiger charge is 2.39. The molecule has 0 radical (unpaired) electrons. The molecule has 0 bridgehead atoms. The lowest BCUT2D eigenvalue weighted by Gasteiger charge is -2.45. The molecular weight excluding hydrogens is 266 g/mol. The van der Waals surface area contributed by atoms with Crippen molar-refractivity contribution < 1.29 is 4.79 Å². The van der Waals surface area contributed by atoms with Crippen LogP contribution in [0.3, 0.4) is 0 Å². The Kier molecular flexibility index (Phi) is 3.21. The maximum atomic E-state index is 12.6. The lowest BCUT2D eigenvalue weighted by atomic mass is 9.74. The summed E-state index contributed by atoms with van der Waals surface area (Å²) in [4.78, 5) is 19.0. The van der Waals surface area contributed by atoms with Crippen molar-refractivity contribution in [1.82, 2.24) is 25.4 Å². The smallest absolute Gasteiger partial charge is 0.293 e. The van der Waals surface area contributed by atoms with E-state index >= 15 is 0 Å². The second kappa shape index (κ2) is 5.09. The van der Waals surface area contributed by atoms with E-state index in [1.54, 1.807) is 0 Å². The van der Waals surface area contributed by atoms with E-state index < -0.39 is 0 Å². The molecule has 1 aromatic heterocycles. The average Bonchev–Trinajstić information content (AvgIpc) is 3.25. The first-order valence-corrected chi connectivity index (χ1v) is 8.18. The van der Waals surface area contributed by atoms with Gasteiger partial charge in [-0.05, 0) is 45.1 Å². The van der Waals surface area contributed by atoms with Crippen molar-refractivity contribution in [2.45, 2.75) is 44.4 Å². The molecule has 3 heterocycles. The molecule has 6 nitrogen and oxygen atoms in total. The number of nitrogens with zero attached hydrogens (tertiary/aromatic N) is 3. The molecule has 21 heavy (non-hydrogen) atoms. The van der Waals surface area contributed by atoms with Crippen LogP contribution in [0.4, 0.5) is 0 Å². The summed E-state index contributed by atoms with van der Waals surface area (Å²) in [5, 5.41) is 10.6. The van der Waals surface area contributed by atoms with Crippen molar-refractivity contribution in [3.8, 4) is 0 Å². The van der Waals surface area contributed by atoms with Crippen LogP contribution < -0.4 is 5.32 Å². The van der Waals surface area contributed by atoms with Crippen LogP contribution in [0.5, 0.6) is 0 Å². The Morgan fingerprint density at radius 3 is 2.90 bits per heavy atom. The molecule has 1 spiro atoms. The highest BCUT2D eigenvalue weighted by molar-refractivity contribution is 5.90. The summed E-state index contributed by atoms with van der Waals surface area (Å²) in [5.41, 5.74) is 0.280. The fourth-order valence-electron chi connectivity index (χ4n) is 3.81. The van der Waals surface area contributed by atoms with Crippen LogP contribution in [-0.4, -0.2) is 52.2 Å². The molecule has 3 fully saturated rings. The average molecular weight is 289 g/mol. The third-order valence-corrected chi connectivity index (χ3v) is 5.17. The van der Waals surface area contributed by atoms with E-state index in [0.29, 0.717) is 11.7 Å². The number of hydrogen-bond donors (Lipinski definition) is 2. The van der Waals surface area contributed by atoms with Crippen LogP contribution in [0.1, 0.15) is 60.9 Å². The summed E-state index contributed by atoms with van der Waals surface area (Å²) in [5.74, 6) is 1.76. The SMILES string of the molecule is O=C(c1n[nH]c(C2CC2)n1)N1CCCC2(CCCNC2)C1. The quantitative estimate of drug-likeness (QED) is 0.860. The van der Waals surface area contributed by atoms with Gasteiger partial charge in [-0.2, -0.15) is 0 Å². The number of aromatic nitrogens is 3. The molecule has 114 valence electrons. The number of aromatic amines is 1. The maximum absolute atomic E-state index is 12.6. The number of carbonyl (C=O) groups is 1. The largest absolute Gasteiger partial charge is 0.335 e. The summed E-state index contributed by atoms with van der Waals surface area (Å²) in [6.07, 6.45) is 7.10. The van der Waals surface area contributed by atoms with Gasteiger partial charge in [0.15, 0.2) is 0 Å². The van der Waals surface area contributed by atoms with Gasteiger partial charge in [-0.3, -0.25) is 9.89 Å². The van der Waals surface area contributed by atoms with Gasteiger partial charge < -0.3 is 10.2 Å². The standard InChI is InChI=1S/C15H23N5O/c21-14(13-17-12(18-19-13)11-3-4-11)20-8-2-6-15(10-20)5-1-7-16-9-15/h11,16H,1-10H2,(H,17,18,19). The van der Waals surface area contributed by atoms with Crippen LogP contribution in [-0.2, 0) is 0 Å². The Labute approximate surface area is 124 Å². The van der Waals surface area contributed by atoms with Crippen LogP contribution in [0.2, 0.25) is 0 Å². The van der Waals surface area contributed by atoms with Gasteiger partial charge in [0.1, 0.15) is 5.82 Å². The number of hydrogen-bond acceptors (Lipinski definition) is 4. The molecule has 0 aromatic carbocycles. The predicted octanol–water partition coefficient (Wildman–Crippen LogP) is 1.29. The van der Waals surface area contributed by atoms with Crippen molar-refractivity contribution in [2.75, 3.05) is 26.2 Å². The minimum Gasteiger partial charge on any atom is -0.335 e. The molecule has 1 saturated carbocycles. The summed E-state index contributed by atoms with van der Waals surface area (Å²) < 4.78 is 0. The van der Waals surface area contributed by atoms with Gasteiger partial charge in [-0.25, -0.2) is 4.98 Å². The van der Waals surface area contributed by atoms with Gasteiger partial charge in [0.2, 0.25) is 5.82 Å². The van der Waals surface area contributed by atoms with Gasteiger partial charge in [0.05, 0.1) is 0 Å². The van der Waals surface area contributed by atoms with E-state index in [0.717, 1.165) is 38.4 Å². The number of nitrogens with one attached hydrogen (secondary N) is 2. The Morgan fingerprint density at radius 2 is 2.14 bits per heavy atom. The molecular formula is C15H23N5O. The zero-order chi connectivity index (χ0) is 14.3. The lowest BCUT2D eigenvalue weighted by Crippen LogP contribution is -2.52. The van der Waals surface area contributed by atoms with E-state index in [1.165, 1.54) is 32.1 Å². The second-order valence-corrected chi connectivity index (χ2v) is 6.93. The zero-order valence-corrected chi connectivity index (χ0v) is 12.4. The summed E-state index contributed by atoms with van der Waals surface area (Å²) in [7, 11) is 0. The Balaban J connectivity index is 1.47. The van der Waals surface area contributed by atoms with Gasteiger partial charge in [0.25, 0.3) is 5.91 Å². The number of H-pyrrole nitrogens is 1. The molecule has 4 rings (SSSR count). The summed E-state index contributed by atoms with van der Waals surface area (Å²) in [6, 6.07) is 0. The lowest BCUT2D eigenvalue weighted by molar-refractivity contribution is 0.0424. The first-order chi connectivity index (χ1) is 10.3. The highest BCUT2D eigenvalue weighted by Crippen LogP contribution is 2.38. The number of likely N-dealkylation sites (tertiary alicyclic amines) is 1. The Morgan fingerprint density at radius 1 is 1.29 bits per heavy atom. The van der Waals surface area contributed by atoms with Gasteiger partial charge in [-0.15, -0.1) is 5.10 Å². The molecule has 2 saturated heterocycles. The third-order valence-electron chi connectivity index (χ3n) is 5.17. The van der Waals surface area contributed by atoms with Crippen LogP contribution in [0.15, 0.2) is 0 Å². The fraction of sp³-hybridized carbons (Fsp3) is 0.800. The third kappa shape index (κ3) is 2.57. The molecule has 1 amide bonds. The minimum atomic E-state index is 0.00259. The number of rotatable bonds is 2. The minimum absolute atomic E-state index is 0.00259. The van der Waals surface area contributed by atoms with E-state index in [9.17, 15) is 4.79 Å². The van der Waals surface area contributed by atoms with Crippen molar-refractivity contribution in [1.29, 1.82) is 0 Å². The molecule has 2 N–H and O–H groups in total. The van der Waals surface area contributed by atoms with Crippen molar-refractivity contribution in [3.63, 3.8) is 0 Å². The van der Waals surface area contributed by atoms with Crippen LogP contribution in [0.25, 0.3) is 0 Å². The summed E-state index contributed by atoms with van der Waals surface area (Å²) >= 11 is 0. The van der Waals surface area contributed by atoms with Gasteiger partial charge >= 0.3 is 0 Å². The molecule has 3 aliphatic rings. The molecule has 1 aromatic rings. The van der Waals surface area contributed by atoms with Gasteiger partial charge in [-0.1, -0.05) is 0 Å². The normalized spacial score (nSPS) is 29.8. The first-order valence-electron chi connectivity index (χ1n) is 8.18. The number of amides is 1. The van der Waals surface area contributed by atoms with Crippen molar-refractivity contribution in [3.05, 3.63) is 11.6 Å². The molecule has 6 heteroatoms. The van der Waals surface area contributed by atoms with Crippen LogP contribution in [0, 0.1) is 5.41 Å². The number of carbonyl (C=O) groups excluding carboxylic acids is 1. The van der Waals surface area contributed by atoms with E-state index in [4.69, 9.17) is 0 Å². The Bertz CT molecular complexity index is 524. The predicted molar refractivity (Wildman–Crippen MR) is 78.0 cm³/mol. The molecule has 1 unspecified atom stereocenters. The molecule has 2 aliphatic heterocycles.